The van der Waals surface area contributed by atoms with E-state index < -0.39 is 5.97 Å². The molecule has 2 rings (SSSR count). The zero-order valence-electron chi connectivity index (χ0n) is 9.65. The Balaban J connectivity index is 2.06. The lowest BCUT2D eigenvalue weighted by molar-refractivity contribution is -0.136. The van der Waals surface area contributed by atoms with Crippen LogP contribution < -0.4 is 0 Å². The van der Waals surface area contributed by atoms with Gasteiger partial charge in [-0.15, -0.1) is 0 Å². The highest BCUT2D eigenvalue weighted by atomic mass is 16.4. The Morgan fingerprint density at radius 3 is 2.67 bits per heavy atom. The first-order valence-electron chi connectivity index (χ1n) is 5.49. The fourth-order valence-corrected chi connectivity index (χ4v) is 1.48. The van der Waals surface area contributed by atoms with Gasteiger partial charge >= 0.3 is 5.97 Å². The molecular formula is C14H12N2O2. The van der Waals surface area contributed by atoms with Gasteiger partial charge in [-0.1, -0.05) is 18.2 Å². The molecule has 0 spiro atoms. The summed E-state index contributed by atoms with van der Waals surface area (Å²) >= 11 is 0. The van der Waals surface area contributed by atoms with E-state index in [0.29, 0.717) is 0 Å². The van der Waals surface area contributed by atoms with Gasteiger partial charge in [-0.05, 0) is 23.8 Å². The minimum Gasteiger partial charge on any atom is -0.481 e. The Hall–Kier alpha value is -2.49. The van der Waals surface area contributed by atoms with Crippen molar-refractivity contribution in [3.63, 3.8) is 0 Å². The molecule has 0 bridgehead atoms. The average Bonchev–Trinajstić information content (AvgIpc) is 2.38. The van der Waals surface area contributed by atoms with Gasteiger partial charge < -0.3 is 5.11 Å². The summed E-state index contributed by atoms with van der Waals surface area (Å²) in [6, 6.07) is 10.9. The second-order valence-corrected chi connectivity index (χ2v) is 3.78. The number of hydrogen-bond acceptors (Lipinski definition) is 3. The van der Waals surface area contributed by atoms with Crippen molar-refractivity contribution >= 4 is 17.9 Å². The zero-order chi connectivity index (χ0) is 12.8. The van der Waals surface area contributed by atoms with Crippen LogP contribution in [-0.2, 0) is 11.2 Å². The minimum absolute atomic E-state index is 0.0343. The Bertz CT molecular complexity index is 548. The monoisotopic (exact) mass is 240 g/mol. The van der Waals surface area contributed by atoms with Crippen molar-refractivity contribution in [3.05, 3.63) is 59.9 Å². The van der Waals surface area contributed by atoms with Crippen LogP contribution in [0.2, 0.25) is 0 Å². The van der Waals surface area contributed by atoms with E-state index >= 15 is 0 Å². The molecule has 0 amide bonds. The highest BCUT2D eigenvalue weighted by molar-refractivity contribution is 5.81. The van der Waals surface area contributed by atoms with Gasteiger partial charge in [0.15, 0.2) is 0 Å². The number of rotatable bonds is 4. The summed E-state index contributed by atoms with van der Waals surface area (Å²) in [6.45, 7) is 0. The van der Waals surface area contributed by atoms with Crippen molar-refractivity contribution in [1.82, 2.24) is 4.98 Å². The third-order valence-electron chi connectivity index (χ3n) is 2.34. The van der Waals surface area contributed by atoms with Crippen LogP contribution in [0, 0.1) is 0 Å². The Labute approximate surface area is 105 Å². The number of hydrogen-bond donors (Lipinski definition) is 1. The molecule has 0 radical (unpaired) electrons. The van der Waals surface area contributed by atoms with E-state index in [1.165, 1.54) is 0 Å². The van der Waals surface area contributed by atoms with E-state index in [0.717, 1.165) is 16.8 Å². The molecule has 18 heavy (non-hydrogen) atoms. The van der Waals surface area contributed by atoms with Crippen molar-refractivity contribution in [2.24, 2.45) is 4.99 Å². The summed E-state index contributed by atoms with van der Waals surface area (Å²) < 4.78 is 0. The molecule has 0 aliphatic rings. The van der Waals surface area contributed by atoms with Gasteiger partial charge in [0, 0.05) is 24.2 Å². The lowest BCUT2D eigenvalue weighted by atomic mass is 10.1. The van der Waals surface area contributed by atoms with Gasteiger partial charge in [-0.2, -0.15) is 0 Å². The maximum absolute atomic E-state index is 10.5. The second-order valence-electron chi connectivity index (χ2n) is 3.78. The van der Waals surface area contributed by atoms with Crippen LogP contribution in [0.5, 0.6) is 0 Å². The fourth-order valence-electron chi connectivity index (χ4n) is 1.48. The predicted molar refractivity (Wildman–Crippen MR) is 69.3 cm³/mol. The largest absolute Gasteiger partial charge is 0.481 e. The molecule has 4 nitrogen and oxygen atoms in total. The van der Waals surface area contributed by atoms with Crippen LogP contribution in [-0.4, -0.2) is 22.3 Å². The van der Waals surface area contributed by atoms with Crippen molar-refractivity contribution in [2.75, 3.05) is 0 Å². The van der Waals surface area contributed by atoms with E-state index in [4.69, 9.17) is 5.11 Å². The molecule has 0 saturated carbocycles. The first kappa shape index (κ1) is 12.0. The third kappa shape index (κ3) is 3.52. The second kappa shape index (κ2) is 5.72. The molecule has 1 aromatic heterocycles. The molecule has 0 fully saturated rings. The SMILES string of the molecule is O=C(O)Cc1ccc(N=Cc2cccnc2)cc1. The molecule has 1 aromatic carbocycles. The summed E-state index contributed by atoms with van der Waals surface area (Å²) in [6.07, 6.45) is 5.19. The van der Waals surface area contributed by atoms with Crippen LogP contribution >= 0.6 is 0 Å². The van der Waals surface area contributed by atoms with E-state index in [2.05, 4.69) is 9.98 Å². The van der Waals surface area contributed by atoms with E-state index in [1.807, 2.05) is 12.1 Å². The number of carboxylic acids is 1. The lowest BCUT2D eigenvalue weighted by Gasteiger charge is -1.98. The predicted octanol–water partition coefficient (Wildman–Crippen LogP) is 2.46. The van der Waals surface area contributed by atoms with Crippen molar-refractivity contribution in [2.45, 2.75) is 6.42 Å². The molecule has 4 heteroatoms. The summed E-state index contributed by atoms with van der Waals surface area (Å²) in [5, 5.41) is 8.65. The molecule has 2 aromatic rings. The first-order valence-corrected chi connectivity index (χ1v) is 5.49. The third-order valence-corrected chi connectivity index (χ3v) is 2.34. The standard InChI is InChI=1S/C14H12N2O2/c17-14(18)8-11-3-5-13(6-4-11)16-10-12-2-1-7-15-9-12/h1-7,9-10H,8H2,(H,17,18). The maximum atomic E-state index is 10.5. The van der Waals surface area contributed by atoms with Gasteiger partial charge in [0.05, 0.1) is 12.1 Å². The number of aliphatic imine (C=N–C) groups is 1. The number of aromatic nitrogens is 1. The smallest absolute Gasteiger partial charge is 0.307 e. The number of aliphatic carboxylic acids is 1. The van der Waals surface area contributed by atoms with Crippen LogP contribution in [0.1, 0.15) is 11.1 Å². The molecular weight excluding hydrogens is 228 g/mol. The average molecular weight is 240 g/mol. The number of carboxylic acid groups (broad SMARTS) is 1. The summed E-state index contributed by atoms with van der Waals surface area (Å²) in [5.74, 6) is -0.832. The molecule has 1 heterocycles. The topological polar surface area (TPSA) is 62.5 Å². The quantitative estimate of drug-likeness (QED) is 0.835. The van der Waals surface area contributed by atoms with Crippen LogP contribution in [0.4, 0.5) is 5.69 Å². The van der Waals surface area contributed by atoms with Crippen molar-refractivity contribution in [3.8, 4) is 0 Å². The minimum atomic E-state index is -0.832. The maximum Gasteiger partial charge on any atom is 0.307 e. The molecule has 0 atom stereocenters. The number of pyridine rings is 1. The molecule has 0 aliphatic carbocycles. The van der Waals surface area contributed by atoms with Crippen LogP contribution in [0.3, 0.4) is 0 Å². The van der Waals surface area contributed by atoms with Gasteiger partial charge in [-0.3, -0.25) is 14.8 Å². The van der Waals surface area contributed by atoms with Gasteiger partial charge in [0.25, 0.3) is 0 Å². The number of nitrogens with zero attached hydrogens (tertiary/aromatic N) is 2. The normalized spacial score (nSPS) is 10.7. The lowest BCUT2D eigenvalue weighted by Crippen LogP contribution is -1.99. The van der Waals surface area contributed by atoms with Gasteiger partial charge in [0.1, 0.15) is 0 Å². The molecule has 1 N–H and O–H groups in total. The summed E-state index contributed by atoms with van der Waals surface area (Å²) in [5.41, 5.74) is 2.47. The Morgan fingerprint density at radius 2 is 2.06 bits per heavy atom. The zero-order valence-corrected chi connectivity index (χ0v) is 9.65. The Kier molecular flexibility index (Phi) is 3.81. The van der Waals surface area contributed by atoms with Crippen molar-refractivity contribution < 1.29 is 9.90 Å². The first-order chi connectivity index (χ1) is 8.74. The van der Waals surface area contributed by atoms with Gasteiger partial charge in [-0.25, -0.2) is 0 Å². The van der Waals surface area contributed by atoms with E-state index in [9.17, 15) is 4.79 Å². The number of benzene rings is 1. The van der Waals surface area contributed by atoms with Gasteiger partial charge in [0.2, 0.25) is 0 Å². The van der Waals surface area contributed by atoms with Crippen molar-refractivity contribution in [1.29, 1.82) is 0 Å². The van der Waals surface area contributed by atoms with E-state index in [-0.39, 0.29) is 6.42 Å². The Morgan fingerprint density at radius 1 is 1.28 bits per heavy atom. The molecule has 0 aliphatic heterocycles. The fraction of sp³-hybridized carbons (Fsp3) is 0.0714. The highest BCUT2D eigenvalue weighted by Gasteiger charge is 1.99. The molecule has 0 saturated heterocycles. The molecule has 90 valence electrons. The van der Waals surface area contributed by atoms with E-state index in [1.54, 1.807) is 42.9 Å². The van der Waals surface area contributed by atoms with Crippen LogP contribution in [0.15, 0.2) is 53.8 Å². The number of carbonyl (C=O) groups is 1. The molecule has 0 unspecified atom stereocenters. The highest BCUT2D eigenvalue weighted by Crippen LogP contribution is 2.13. The summed E-state index contributed by atoms with van der Waals surface area (Å²) in [4.78, 5) is 18.8. The summed E-state index contributed by atoms with van der Waals surface area (Å²) in [7, 11) is 0. The van der Waals surface area contributed by atoms with Crippen LogP contribution in [0.25, 0.3) is 0 Å².